The highest BCUT2D eigenvalue weighted by atomic mass is 19.3. The van der Waals surface area contributed by atoms with E-state index in [2.05, 4.69) is 10.1 Å². The molecule has 2 rings (SSSR count). The fraction of sp³-hybridized carbons (Fsp3) is 0.158. The third-order valence-electron chi connectivity index (χ3n) is 3.41. The maximum absolute atomic E-state index is 12.6. The summed E-state index contributed by atoms with van der Waals surface area (Å²) in [6, 6.07) is 11.1. The first-order chi connectivity index (χ1) is 12.4. The van der Waals surface area contributed by atoms with Crippen LogP contribution >= 0.6 is 0 Å². The number of hydrogen-bond donors (Lipinski definition) is 1. The number of methoxy groups -OCH3 is 1. The number of benzene rings is 2. The summed E-state index contributed by atoms with van der Waals surface area (Å²) in [7, 11) is 1.33. The van der Waals surface area contributed by atoms with Gasteiger partial charge in [-0.25, -0.2) is 0 Å². The molecule has 26 heavy (non-hydrogen) atoms. The lowest BCUT2D eigenvalue weighted by atomic mass is 10.1. The number of carbonyl (C=O) groups excluding carboxylic acids is 2. The van der Waals surface area contributed by atoms with Gasteiger partial charge < -0.3 is 14.8 Å². The Balaban J connectivity index is 2.22. The van der Waals surface area contributed by atoms with Gasteiger partial charge >= 0.3 is 6.61 Å². The Labute approximate surface area is 149 Å². The molecule has 0 radical (unpaired) electrons. The zero-order valence-electron chi connectivity index (χ0n) is 14.2. The van der Waals surface area contributed by atoms with Crippen molar-refractivity contribution in [3.05, 3.63) is 59.7 Å². The molecule has 0 atom stereocenters. The Kier molecular flexibility index (Phi) is 6.43. The van der Waals surface area contributed by atoms with Gasteiger partial charge in [0.15, 0.2) is 17.3 Å². The van der Waals surface area contributed by atoms with E-state index in [1.54, 1.807) is 30.3 Å². The Bertz CT molecular complexity index is 834. The van der Waals surface area contributed by atoms with Crippen molar-refractivity contribution in [3.8, 4) is 11.5 Å². The fourth-order valence-electron chi connectivity index (χ4n) is 2.28. The maximum atomic E-state index is 12.6. The van der Waals surface area contributed by atoms with E-state index in [4.69, 9.17) is 4.74 Å². The first-order valence-corrected chi connectivity index (χ1v) is 7.63. The van der Waals surface area contributed by atoms with Gasteiger partial charge in [-0.15, -0.1) is 0 Å². The molecule has 2 aromatic rings. The van der Waals surface area contributed by atoms with Gasteiger partial charge in [0.1, 0.15) is 0 Å². The smallest absolute Gasteiger partial charge is 0.387 e. The number of ether oxygens (including phenoxy) is 2. The highest BCUT2D eigenvalue weighted by molar-refractivity contribution is 6.07. The van der Waals surface area contributed by atoms with Crippen LogP contribution in [0.5, 0.6) is 11.5 Å². The molecule has 5 nitrogen and oxygen atoms in total. The van der Waals surface area contributed by atoms with Crippen molar-refractivity contribution in [2.75, 3.05) is 12.4 Å². The van der Waals surface area contributed by atoms with Crippen LogP contribution in [-0.4, -0.2) is 25.4 Å². The lowest BCUT2D eigenvalue weighted by Gasteiger charge is -2.12. The number of para-hydroxylation sites is 2. The van der Waals surface area contributed by atoms with Gasteiger partial charge in [-0.3, -0.25) is 9.59 Å². The van der Waals surface area contributed by atoms with Crippen LogP contribution in [0.15, 0.2) is 48.5 Å². The molecule has 0 aromatic heterocycles. The van der Waals surface area contributed by atoms with E-state index in [0.29, 0.717) is 11.3 Å². The van der Waals surface area contributed by atoms with Crippen molar-refractivity contribution in [2.24, 2.45) is 0 Å². The topological polar surface area (TPSA) is 64.6 Å². The number of hydrogen-bond acceptors (Lipinski definition) is 4. The second kappa shape index (κ2) is 8.75. The molecule has 0 unspecified atom stereocenters. The molecule has 0 saturated heterocycles. The van der Waals surface area contributed by atoms with Crippen LogP contribution in [0.3, 0.4) is 0 Å². The summed E-state index contributed by atoms with van der Waals surface area (Å²) in [5.74, 6) is -0.761. The summed E-state index contributed by atoms with van der Waals surface area (Å²) < 4.78 is 34.7. The highest BCUT2D eigenvalue weighted by Crippen LogP contribution is 2.33. The molecule has 0 aliphatic rings. The first kappa shape index (κ1) is 19.1. The van der Waals surface area contributed by atoms with E-state index < -0.39 is 12.5 Å². The van der Waals surface area contributed by atoms with Crippen LogP contribution in [-0.2, 0) is 4.79 Å². The van der Waals surface area contributed by atoms with Crippen molar-refractivity contribution in [1.29, 1.82) is 0 Å². The SMILES string of the molecule is COc1cccc(/C=C/C(=O)Nc2ccccc2C(C)=O)c1OC(F)F. The maximum Gasteiger partial charge on any atom is 0.387 e. The quantitative estimate of drug-likeness (QED) is 0.594. The third kappa shape index (κ3) is 4.89. The number of halogens is 2. The largest absolute Gasteiger partial charge is 0.493 e. The zero-order valence-corrected chi connectivity index (χ0v) is 14.2. The van der Waals surface area contributed by atoms with Gasteiger partial charge in [0, 0.05) is 17.2 Å². The summed E-state index contributed by atoms with van der Waals surface area (Å²) in [4.78, 5) is 23.7. The molecule has 0 bridgehead atoms. The van der Waals surface area contributed by atoms with E-state index >= 15 is 0 Å². The van der Waals surface area contributed by atoms with E-state index in [-0.39, 0.29) is 22.8 Å². The number of rotatable bonds is 7. The van der Waals surface area contributed by atoms with Crippen LogP contribution in [0.25, 0.3) is 6.08 Å². The molecular weight excluding hydrogens is 344 g/mol. The summed E-state index contributed by atoms with van der Waals surface area (Å²) in [5, 5.41) is 2.58. The summed E-state index contributed by atoms with van der Waals surface area (Å²) in [6.45, 7) is -1.64. The average molecular weight is 361 g/mol. The molecular formula is C19H17F2NO4. The number of amides is 1. The minimum atomic E-state index is -3.03. The van der Waals surface area contributed by atoms with Crippen molar-refractivity contribution in [2.45, 2.75) is 13.5 Å². The monoisotopic (exact) mass is 361 g/mol. The van der Waals surface area contributed by atoms with Gasteiger partial charge in [0.2, 0.25) is 5.91 Å². The lowest BCUT2D eigenvalue weighted by Crippen LogP contribution is -2.11. The normalized spacial score (nSPS) is 10.8. The number of Topliss-reactive ketones (excluding diaryl/α,β-unsaturated/α-hetero) is 1. The number of ketones is 1. The zero-order chi connectivity index (χ0) is 19.1. The van der Waals surface area contributed by atoms with E-state index in [1.807, 2.05) is 0 Å². The van der Waals surface area contributed by atoms with Gasteiger partial charge in [0.25, 0.3) is 0 Å². The van der Waals surface area contributed by atoms with Crippen LogP contribution < -0.4 is 14.8 Å². The van der Waals surface area contributed by atoms with Gasteiger partial charge in [-0.05, 0) is 31.2 Å². The molecule has 0 aliphatic carbocycles. The van der Waals surface area contributed by atoms with Crippen molar-refractivity contribution < 1.29 is 27.8 Å². The second-order valence-corrected chi connectivity index (χ2v) is 5.18. The first-order valence-electron chi connectivity index (χ1n) is 7.63. The molecule has 0 spiro atoms. The number of carbonyl (C=O) groups is 2. The van der Waals surface area contributed by atoms with Gasteiger partial charge in [-0.1, -0.05) is 24.3 Å². The molecule has 2 aromatic carbocycles. The molecule has 1 N–H and O–H groups in total. The Morgan fingerprint density at radius 2 is 1.85 bits per heavy atom. The average Bonchev–Trinajstić information content (AvgIpc) is 2.60. The summed E-state index contributed by atoms with van der Waals surface area (Å²) >= 11 is 0. The lowest BCUT2D eigenvalue weighted by molar-refractivity contribution is -0.111. The molecule has 7 heteroatoms. The minimum Gasteiger partial charge on any atom is -0.493 e. The molecule has 0 heterocycles. The van der Waals surface area contributed by atoms with E-state index in [9.17, 15) is 18.4 Å². The molecule has 0 aliphatic heterocycles. The van der Waals surface area contributed by atoms with E-state index in [1.165, 1.54) is 32.2 Å². The molecule has 136 valence electrons. The fourth-order valence-corrected chi connectivity index (χ4v) is 2.28. The molecule has 0 saturated carbocycles. The van der Waals surface area contributed by atoms with Crippen molar-refractivity contribution >= 4 is 23.5 Å². The summed E-state index contributed by atoms with van der Waals surface area (Å²) in [5.41, 5.74) is 0.987. The number of nitrogens with one attached hydrogen (secondary N) is 1. The van der Waals surface area contributed by atoms with Gasteiger partial charge in [0.05, 0.1) is 12.8 Å². The van der Waals surface area contributed by atoms with Crippen LogP contribution in [0.4, 0.5) is 14.5 Å². The van der Waals surface area contributed by atoms with Crippen LogP contribution in [0.2, 0.25) is 0 Å². The molecule has 1 amide bonds. The molecule has 0 fully saturated rings. The standard InChI is InChI=1S/C19H17F2NO4/c1-12(23)14-7-3-4-8-15(14)22-17(24)11-10-13-6-5-9-16(25-2)18(13)26-19(20)21/h3-11,19H,1-2H3,(H,22,24)/b11-10+. The Hall–Kier alpha value is -3.22. The van der Waals surface area contributed by atoms with Crippen LogP contribution in [0.1, 0.15) is 22.8 Å². The number of alkyl halides is 2. The minimum absolute atomic E-state index is 0.120. The Morgan fingerprint density at radius 3 is 2.50 bits per heavy atom. The van der Waals surface area contributed by atoms with Crippen molar-refractivity contribution in [3.63, 3.8) is 0 Å². The highest BCUT2D eigenvalue weighted by Gasteiger charge is 2.14. The third-order valence-corrected chi connectivity index (χ3v) is 3.41. The predicted octanol–water partition coefficient (Wildman–Crippen LogP) is 4.15. The summed E-state index contributed by atoms with van der Waals surface area (Å²) in [6.07, 6.45) is 2.48. The van der Waals surface area contributed by atoms with Crippen molar-refractivity contribution in [1.82, 2.24) is 0 Å². The second-order valence-electron chi connectivity index (χ2n) is 5.18. The predicted molar refractivity (Wildman–Crippen MR) is 93.7 cm³/mol. The van der Waals surface area contributed by atoms with E-state index in [0.717, 1.165) is 6.08 Å². The Morgan fingerprint density at radius 1 is 1.12 bits per heavy atom. The van der Waals surface area contributed by atoms with Gasteiger partial charge in [-0.2, -0.15) is 8.78 Å². The van der Waals surface area contributed by atoms with Crippen LogP contribution in [0, 0.1) is 0 Å². The number of anilines is 1.